The van der Waals surface area contributed by atoms with Crippen LogP contribution in [0.1, 0.15) is 18.9 Å². The average Bonchev–Trinajstić information content (AvgIpc) is 2.54. The topological polar surface area (TPSA) is 69.9 Å². The molecule has 24 heavy (non-hydrogen) atoms. The first kappa shape index (κ1) is 20.3. The fraction of sp³-hybridized carbons (Fsp3) is 0.529. The highest BCUT2D eigenvalue weighted by molar-refractivity contribution is 5.85. The number of amides is 3. The van der Waals surface area contributed by atoms with Gasteiger partial charge in [-0.25, -0.2) is 4.79 Å². The van der Waals surface area contributed by atoms with Crippen LogP contribution in [0.4, 0.5) is 4.79 Å². The van der Waals surface area contributed by atoms with Crippen LogP contribution in [0.15, 0.2) is 30.3 Å². The summed E-state index contributed by atoms with van der Waals surface area (Å²) in [6.07, 6.45) is 0.363. The summed E-state index contributed by atoms with van der Waals surface area (Å²) in [6.45, 7) is 4.72. The van der Waals surface area contributed by atoms with Crippen LogP contribution in [0.5, 0.6) is 0 Å². The molecule has 134 valence electrons. The van der Waals surface area contributed by atoms with E-state index in [9.17, 15) is 9.59 Å². The molecular formula is C17H27ClN4O2. The van der Waals surface area contributed by atoms with Crippen molar-refractivity contribution in [2.45, 2.75) is 25.9 Å². The zero-order chi connectivity index (χ0) is 16.8. The lowest BCUT2D eigenvalue weighted by Gasteiger charge is -2.37. The third-order valence-corrected chi connectivity index (χ3v) is 3.99. The summed E-state index contributed by atoms with van der Waals surface area (Å²) in [6, 6.07) is 9.80. The van der Waals surface area contributed by atoms with Gasteiger partial charge in [-0.1, -0.05) is 30.3 Å². The van der Waals surface area contributed by atoms with Crippen molar-refractivity contribution < 1.29 is 9.59 Å². The number of nitrogens with zero attached hydrogens (tertiary/aromatic N) is 3. The maximum Gasteiger partial charge on any atom is 0.320 e. The van der Waals surface area contributed by atoms with Gasteiger partial charge in [0.1, 0.15) is 0 Å². The molecule has 0 spiro atoms. The van der Waals surface area contributed by atoms with Crippen molar-refractivity contribution in [2.75, 3.05) is 33.2 Å². The van der Waals surface area contributed by atoms with E-state index in [0.717, 1.165) is 5.56 Å². The van der Waals surface area contributed by atoms with Gasteiger partial charge in [-0.3, -0.25) is 4.79 Å². The van der Waals surface area contributed by atoms with Gasteiger partial charge < -0.3 is 20.4 Å². The molecule has 0 bridgehead atoms. The summed E-state index contributed by atoms with van der Waals surface area (Å²) in [5.41, 5.74) is 6.78. The predicted octanol–water partition coefficient (Wildman–Crippen LogP) is 1.54. The number of carbonyl (C=O) groups is 2. The number of benzene rings is 1. The molecule has 3 amide bonds. The standard InChI is InChI=1S/C17H26N4O2.ClH/c1-14(18)12-16(22)20-8-10-21(11-9-20)17(23)19(2)13-15-6-4-3-5-7-15;/h3-7,14H,8-13,18H2,1-2H3;1H. The Morgan fingerprint density at radius 3 is 2.21 bits per heavy atom. The monoisotopic (exact) mass is 354 g/mol. The molecule has 1 aromatic carbocycles. The highest BCUT2D eigenvalue weighted by Crippen LogP contribution is 2.10. The first-order valence-corrected chi connectivity index (χ1v) is 8.04. The van der Waals surface area contributed by atoms with Crippen molar-refractivity contribution in [3.8, 4) is 0 Å². The second-order valence-electron chi connectivity index (χ2n) is 6.17. The van der Waals surface area contributed by atoms with E-state index in [1.165, 1.54) is 0 Å². The fourth-order valence-corrected chi connectivity index (χ4v) is 2.72. The lowest BCUT2D eigenvalue weighted by Crippen LogP contribution is -2.53. The number of urea groups is 1. The molecule has 1 unspecified atom stereocenters. The van der Waals surface area contributed by atoms with Crippen molar-refractivity contribution in [1.29, 1.82) is 0 Å². The van der Waals surface area contributed by atoms with Gasteiger partial charge in [0.25, 0.3) is 0 Å². The Hall–Kier alpha value is -1.79. The minimum absolute atomic E-state index is 0. The van der Waals surface area contributed by atoms with Crippen molar-refractivity contribution >= 4 is 24.3 Å². The molecule has 1 aliphatic rings. The van der Waals surface area contributed by atoms with E-state index in [4.69, 9.17) is 5.73 Å². The molecule has 1 aliphatic heterocycles. The van der Waals surface area contributed by atoms with Crippen molar-refractivity contribution in [1.82, 2.24) is 14.7 Å². The molecule has 0 aromatic heterocycles. The van der Waals surface area contributed by atoms with Crippen LogP contribution in [-0.2, 0) is 11.3 Å². The first-order chi connectivity index (χ1) is 11.0. The van der Waals surface area contributed by atoms with Gasteiger partial charge in [-0.2, -0.15) is 0 Å². The van der Waals surface area contributed by atoms with Gasteiger partial charge in [0.15, 0.2) is 0 Å². The van der Waals surface area contributed by atoms with Crippen LogP contribution in [0.2, 0.25) is 0 Å². The van der Waals surface area contributed by atoms with Crippen LogP contribution in [0.3, 0.4) is 0 Å². The minimum Gasteiger partial charge on any atom is -0.339 e. The molecule has 7 heteroatoms. The third-order valence-electron chi connectivity index (χ3n) is 3.99. The van der Waals surface area contributed by atoms with Crippen LogP contribution >= 0.6 is 12.4 Å². The molecular weight excluding hydrogens is 328 g/mol. The summed E-state index contributed by atoms with van der Waals surface area (Å²) >= 11 is 0. The van der Waals surface area contributed by atoms with Gasteiger partial charge in [-0.05, 0) is 12.5 Å². The zero-order valence-electron chi connectivity index (χ0n) is 14.4. The maximum atomic E-state index is 12.5. The van der Waals surface area contributed by atoms with Crippen LogP contribution in [0.25, 0.3) is 0 Å². The number of carbonyl (C=O) groups excluding carboxylic acids is 2. The molecule has 1 heterocycles. The Kier molecular flexibility index (Phi) is 8.01. The lowest BCUT2D eigenvalue weighted by molar-refractivity contribution is -0.132. The van der Waals surface area contributed by atoms with Crippen molar-refractivity contribution in [3.63, 3.8) is 0 Å². The predicted molar refractivity (Wildman–Crippen MR) is 97.0 cm³/mol. The van der Waals surface area contributed by atoms with E-state index in [2.05, 4.69) is 0 Å². The second kappa shape index (κ2) is 9.49. The Labute approximate surface area is 150 Å². The Morgan fingerprint density at radius 1 is 1.12 bits per heavy atom. The van der Waals surface area contributed by atoms with Gasteiger partial charge in [0.05, 0.1) is 0 Å². The van der Waals surface area contributed by atoms with Crippen molar-refractivity contribution in [3.05, 3.63) is 35.9 Å². The quantitative estimate of drug-likeness (QED) is 0.891. The Balaban J connectivity index is 0.00000288. The summed E-state index contributed by atoms with van der Waals surface area (Å²) in [4.78, 5) is 29.8. The normalized spacial score (nSPS) is 15.5. The largest absolute Gasteiger partial charge is 0.339 e. The molecule has 1 saturated heterocycles. The van der Waals surface area contributed by atoms with E-state index >= 15 is 0 Å². The fourth-order valence-electron chi connectivity index (χ4n) is 2.72. The van der Waals surface area contributed by atoms with Crippen LogP contribution in [-0.4, -0.2) is 65.9 Å². The molecule has 2 rings (SSSR count). The molecule has 1 aromatic rings. The van der Waals surface area contributed by atoms with Crippen LogP contribution in [0, 0.1) is 0 Å². The summed E-state index contributed by atoms with van der Waals surface area (Å²) < 4.78 is 0. The minimum atomic E-state index is -0.126. The SMILES string of the molecule is CC(N)CC(=O)N1CCN(C(=O)N(C)Cc2ccccc2)CC1.Cl. The highest BCUT2D eigenvalue weighted by atomic mass is 35.5. The number of hydrogen-bond acceptors (Lipinski definition) is 3. The average molecular weight is 355 g/mol. The van der Waals surface area contributed by atoms with E-state index < -0.39 is 0 Å². The molecule has 0 aliphatic carbocycles. The molecule has 1 fully saturated rings. The van der Waals surface area contributed by atoms with E-state index in [-0.39, 0.29) is 30.4 Å². The van der Waals surface area contributed by atoms with Crippen LogP contribution < -0.4 is 5.73 Å². The number of rotatable bonds is 4. The van der Waals surface area contributed by atoms with E-state index in [1.807, 2.05) is 44.3 Å². The maximum absolute atomic E-state index is 12.5. The first-order valence-electron chi connectivity index (χ1n) is 8.04. The summed E-state index contributed by atoms with van der Waals surface area (Å²) in [5, 5.41) is 0. The molecule has 0 radical (unpaired) electrons. The molecule has 1 atom stereocenters. The number of piperazine rings is 1. The number of halogens is 1. The number of nitrogens with two attached hydrogens (primary N) is 1. The molecule has 2 N–H and O–H groups in total. The smallest absolute Gasteiger partial charge is 0.320 e. The second-order valence-corrected chi connectivity index (χ2v) is 6.17. The van der Waals surface area contributed by atoms with Gasteiger partial charge >= 0.3 is 6.03 Å². The van der Waals surface area contributed by atoms with Gasteiger partial charge in [0, 0.05) is 52.2 Å². The zero-order valence-corrected chi connectivity index (χ0v) is 15.2. The Bertz CT molecular complexity index is 531. The lowest BCUT2D eigenvalue weighted by atomic mass is 10.2. The summed E-state index contributed by atoms with van der Waals surface area (Å²) in [7, 11) is 1.81. The van der Waals surface area contributed by atoms with Crippen molar-refractivity contribution in [2.24, 2.45) is 5.73 Å². The van der Waals surface area contributed by atoms with E-state index in [0.29, 0.717) is 39.1 Å². The highest BCUT2D eigenvalue weighted by Gasteiger charge is 2.26. The Morgan fingerprint density at radius 2 is 1.67 bits per heavy atom. The van der Waals surface area contributed by atoms with E-state index in [1.54, 1.807) is 14.7 Å². The van der Waals surface area contributed by atoms with Gasteiger partial charge in [-0.15, -0.1) is 12.4 Å². The van der Waals surface area contributed by atoms with Gasteiger partial charge in [0.2, 0.25) is 5.91 Å². The third kappa shape index (κ3) is 5.69. The number of hydrogen-bond donors (Lipinski definition) is 1. The molecule has 0 saturated carbocycles. The molecule has 6 nitrogen and oxygen atoms in total. The summed E-state index contributed by atoms with van der Waals surface area (Å²) in [5.74, 6) is 0.0738.